The SMILES string of the molecule is COc1ccc(C(=O)ON2C(=O)c3ccccc3C2=O)c(OC(F)F)c1. The van der Waals surface area contributed by atoms with Gasteiger partial charge in [-0.3, -0.25) is 9.59 Å². The van der Waals surface area contributed by atoms with Crippen molar-refractivity contribution in [2.45, 2.75) is 6.61 Å². The van der Waals surface area contributed by atoms with Gasteiger partial charge < -0.3 is 14.3 Å². The van der Waals surface area contributed by atoms with Gasteiger partial charge in [0.25, 0.3) is 11.8 Å². The summed E-state index contributed by atoms with van der Waals surface area (Å²) in [7, 11) is 1.30. The average Bonchev–Trinajstić information content (AvgIpc) is 2.86. The molecular weight excluding hydrogens is 352 g/mol. The van der Waals surface area contributed by atoms with Gasteiger partial charge in [0.2, 0.25) is 0 Å². The first kappa shape index (κ1) is 17.3. The van der Waals surface area contributed by atoms with Crippen molar-refractivity contribution in [3.05, 3.63) is 59.2 Å². The summed E-state index contributed by atoms with van der Waals surface area (Å²) < 4.78 is 34.3. The van der Waals surface area contributed by atoms with Gasteiger partial charge in [-0.2, -0.15) is 8.78 Å². The van der Waals surface area contributed by atoms with Gasteiger partial charge in [-0.1, -0.05) is 17.2 Å². The monoisotopic (exact) mass is 363 g/mol. The largest absolute Gasteiger partial charge is 0.497 e. The van der Waals surface area contributed by atoms with Crippen molar-refractivity contribution in [3.8, 4) is 11.5 Å². The number of carbonyl (C=O) groups is 3. The normalized spacial score (nSPS) is 13.0. The van der Waals surface area contributed by atoms with E-state index in [0.29, 0.717) is 0 Å². The number of fused-ring (bicyclic) bond motifs is 1. The zero-order chi connectivity index (χ0) is 18.8. The molecule has 0 fully saturated rings. The van der Waals surface area contributed by atoms with Gasteiger partial charge in [0.1, 0.15) is 17.1 Å². The number of carbonyl (C=O) groups excluding carboxylic acids is 3. The van der Waals surface area contributed by atoms with Crippen LogP contribution in [0.4, 0.5) is 8.78 Å². The van der Waals surface area contributed by atoms with Crippen molar-refractivity contribution in [2.75, 3.05) is 7.11 Å². The lowest BCUT2D eigenvalue weighted by Gasteiger charge is -2.15. The minimum atomic E-state index is -3.20. The Labute approximate surface area is 145 Å². The number of hydroxylamine groups is 2. The third-order valence-corrected chi connectivity index (χ3v) is 3.56. The Bertz CT molecular complexity index is 864. The summed E-state index contributed by atoms with van der Waals surface area (Å²) >= 11 is 0. The van der Waals surface area contributed by atoms with E-state index in [1.165, 1.54) is 25.3 Å². The number of benzene rings is 2. The van der Waals surface area contributed by atoms with Crippen LogP contribution in [-0.4, -0.2) is 36.6 Å². The van der Waals surface area contributed by atoms with Gasteiger partial charge in [0.05, 0.1) is 18.2 Å². The molecule has 2 aromatic carbocycles. The molecule has 2 amide bonds. The molecule has 26 heavy (non-hydrogen) atoms. The Balaban J connectivity index is 1.87. The standard InChI is InChI=1S/C17H11F2NO6/c1-24-9-6-7-12(13(8-9)25-17(18)19)16(23)26-20-14(21)10-4-2-3-5-11(10)15(20)22/h2-8,17H,1H3. The zero-order valence-electron chi connectivity index (χ0n) is 13.3. The summed E-state index contributed by atoms with van der Waals surface area (Å²) in [5.74, 6) is -3.22. The highest BCUT2D eigenvalue weighted by molar-refractivity contribution is 6.21. The molecule has 0 bridgehead atoms. The number of hydrogen-bond donors (Lipinski definition) is 0. The predicted octanol–water partition coefficient (Wildman–Crippen LogP) is 2.66. The molecule has 1 heterocycles. The maximum absolute atomic E-state index is 12.6. The van der Waals surface area contributed by atoms with E-state index in [0.717, 1.165) is 12.1 Å². The van der Waals surface area contributed by atoms with E-state index >= 15 is 0 Å². The first-order valence-corrected chi connectivity index (χ1v) is 7.25. The fourth-order valence-corrected chi connectivity index (χ4v) is 2.37. The Hall–Kier alpha value is -3.49. The molecule has 0 unspecified atom stereocenters. The third-order valence-electron chi connectivity index (χ3n) is 3.56. The van der Waals surface area contributed by atoms with Crippen LogP contribution in [0.3, 0.4) is 0 Å². The van der Waals surface area contributed by atoms with Crippen LogP contribution >= 0.6 is 0 Å². The van der Waals surface area contributed by atoms with E-state index in [4.69, 9.17) is 9.57 Å². The molecule has 0 aromatic heterocycles. The number of amides is 2. The number of methoxy groups -OCH3 is 1. The van der Waals surface area contributed by atoms with Gasteiger partial charge in [-0.25, -0.2) is 4.79 Å². The quantitative estimate of drug-likeness (QED) is 0.760. The van der Waals surface area contributed by atoms with Crippen molar-refractivity contribution in [2.24, 2.45) is 0 Å². The smallest absolute Gasteiger partial charge is 0.387 e. The lowest BCUT2D eigenvalue weighted by Crippen LogP contribution is -2.32. The first-order chi connectivity index (χ1) is 12.4. The summed E-state index contributed by atoms with van der Waals surface area (Å²) in [6.45, 7) is -3.20. The van der Waals surface area contributed by atoms with E-state index in [1.807, 2.05) is 0 Å². The third kappa shape index (κ3) is 3.06. The van der Waals surface area contributed by atoms with Crippen molar-refractivity contribution in [1.82, 2.24) is 5.06 Å². The highest BCUT2D eigenvalue weighted by Crippen LogP contribution is 2.29. The highest BCUT2D eigenvalue weighted by Gasteiger charge is 2.39. The maximum atomic E-state index is 12.6. The van der Waals surface area contributed by atoms with E-state index < -0.39 is 35.7 Å². The minimum Gasteiger partial charge on any atom is -0.497 e. The topological polar surface area (TPSA) is 82.1 Å². The molecule has 1 aliphatic rings. The summed E-state index contributed by atoms with van der Waals surface area (Å²) in [6.07, 6.45) is 0. The second-order valence-corrected chi connectivity index (χ2v) is 5.07. The maximum Gasteiger partial charge on any atom is 0.387 e. The lowest BCUT2D eigenvalue weighted by atomic mass is 10.1. The van der Waals surface area contributed by atoms with Crippen LogP contribution in [0.2, 0.25) is 0 Å². The van der Waals surface area contributed by atoms with Gasteiger partial charge in [-0.05, 0) is 24.3 Å². The van der Waals surface area contributed by atoms with Crippen LogP contribution in [0.1, 0.15) is 31.1 Å². The van der Waals surface area contributed by atoms with Crippen LogP contribution in [0, 0.1) is 0 Å². The number of rotatable bonds is 5. The zero-order valence-corrected chi connectivity index (χ0v) is 13.3. The number of alkyl halides is 2. The van der Waals surface area contributed by atoms with Crippen LogP contribution < -0.4 is 9.47 Å². The van der Waals surface area contributed by atoms with E-state index in [9.17, 15) is 23.2 Å². The molecule has 0 saturated carbocycles. The number of ether oxygens (including phenoxy) is 2. The number of halogens is 2. The van der Waals surface area contributed by atoms with Gasteiger partial charge in [0, 0.05) is 6.07 Å². The van der Waals surface area contributed by atoms with E-state index in [-0.39, 0.29) is 21.9 Å². The fraction of sp³-hybridized carbons (Fsp3) is 0.118. The molecule has 0 N–H and O–H groups in total. The van der Waals surface area contributed by atoms with Crippen LogP contribution in [0.25, 0.3) is 0 Å². The predicted molar refractivity (Wildman–Crippen MR) is 82.0 cm³/mol. The number of hydrogen-bond acceptors (Lipinski definition) is 6. The molecule has 0 atom stereocenters. The van der Waals surface area contributed by atoms with Crippen LogP contribution in [-0.2, 0) is 4.84 Å². The van der Waals surface area contributed by atoms with E-state index in [1.54, 1.807) is 12.1 Å². The fourth-order valence-electron chi connectivity index (χ4n) is 2.37. The van der Waals surface area contributed by atoms with Crippen molar-refractivity contribution >= 4 is 17.8 Å². The summed E-state index contributed by atoms with van der Waals surface area (Å²) in [5.41, 5.74) is -0.254. The van der Waals surface area contributed by atoms with Crippen LogP contribution in [0.5, 0.6) is 11.5 Å². The Morgan fingerprint density at radius 3 is 2.19 bits per heavy atom. The molecule has 0 radical (unpaired) electrons. The molecule has 9 heteroatoms. The molecule has 2 aromatic rings. The van der Waals surface area contributed by atoms with Gasteiger partial charge in [0.15, 0.2) is 0 Å². The van der Waals surface area contributed by atoms with Crippen molar-refractivity contribution < 1.29 is 37.5 Å². The molecule has 7 nitrogen and oxygen atoms in total. The summed E-state index contributed by atoms with van der Waals surface area (Å²) in [4.78, 5) is 41.5. The molecule has 1 aliphatic heterocycles. The molecular formula is C17H11F2NO6. The lowest BCUT2D eigenvalue weighted by molar-refractivity contribution is -0.0623. The number of nitrogens with zero attached hydrogens (tertiary/aromatic N) is 1. The highest BCUT2D eigenvalue weighted by atomic mass is 19.3. The summed E-state index contributed by atoms with van der Waals surface area (Å²) in [5, 5.41) is 0.281. The molecule has 134 valence electrons. The average molecular weight is 363 g/mol. The van der Waals surface area contributed by atoms with Crippen LogP contribution in [0.15, 0.2) is 42.5 Å². The van der Waals surface area contributed by atoms with Gasteiger partial charge in [-0.15, -0.1) is 0 Å². The Morgan fingerprint density at radius 1 is 1.04 bits per heavy atom. The van der Waals surface area contributed by atoms with Gasteiger partial charge >= 0.3 is 12.6 Å². The molecule has 0 spiro atoms. The van der Waals surface area contributed by atoms with Crippen molar-refractivity contribution in [3.63, 3.8) is 0 Å². The second kappa shape index (κ2) is 6.79. The summed E-state index contributed by atoms with van der Waals surface area (Å²) in [6, 6.07) is 9.41. The number of imide groups is 1. The molecule has 3 rings (SSSR count). The molecule has 0 aliphatic carbocycles. The Morgan fingerprint density at radius 2 is 1.65 bits per heavy atom. The second-order valence-electron chi connectivity index (χ2n) is 5.07. The minimum absolute atomic E-state index is 0.0732. The first-order valence-electron chi connectivity index (χ1n) is 7.25. The van der Waals surface area contributed by atoms with Crippen molar-refractivity contribution in [1.29, 1.82) is 0 Å². The Kier molecular flexibility index (Phi) is 4.53. The molecule has 0 saturated heterocycles. The van der Waals surface area contributed by atoms with E-state index in [2.05, 4.69) is 4.74 Å².